The quantitative estimate of drug-likeness (QED) is 0.821. The first-order chi connectivity index (χ1) is 7.13. The van der Waals surface area contributed by atoms with Crippen molar-refractivity contribution in [3.63, 3.8) is 0 Å². The van der Waals surface area contributed by atoms with Gasteiger partial charge in [0.15, 0.2) is 0 Å². The molecule has 0 radical (unpaired) electrons. The van der Waals surface area contributed by atoms with Gasteiger partial charge >= 0.3 is 0 Å². The van der Waals surface area contributed by atoms with E-state index >= 15 is 0 Å². The molecule has 0 heterocycles. The van der Waals surface area contributed by atoms with Crippen LogP contribution >= 0.6 is 0 Å². The molecule has 0 spiro atoms. The summed E-state index contributed by atoms with van der Waals surface area (Å²) in [7, 11) is 0. The van der Waals surface area contributed by atoms with Crippen LogP contribution in [0.1, 0.15) is 24.9 Å². The Morgan fingerprint density at radius 1 is 1.53 bits per heavy atom. The summed E-state index contributed by atoms with van der Waals surface area (Å²) in [5.74, 6) is -0.636. The lowest BCUT2D eigenvalue weighted by Gasteiger charge is -2.12. The Balaban J connectivity index is 2.61. The van der Waals surface area contributed by atoms with E-state index in [2.05, 4.69) is 5.32 Å². The Bertz CT molecular complexity index is 381. The molecule has 0 fully saturated rings. The third-order valence-electron chi connectivity index (χ3n) is 1.99. The van der Waals surface area contributed by atoms with Gasteiger partial charge in [0.2, 0.25) is 5.91 Å². The number of carbonyl (C=O) groups excluding carboxylic acids is 1. The minimum atomic E-state index is -0.325. The number of nitrogens with one attached hydrogen (secondary N) is 1. The Hall–Kier alpha value is -1.89. The SMILES string of the molecule is CC(NC(=O)CC#N)c1ccc(F)cc1. The number of nitrogens with zero attached hydrogens (tertiary/aromatic N) is 1. The molecule has 0 saturated carbocycles. The van der Waals surface area contributed by atoms with E-state index in [0.717, 1.165) is 5.56 Å². The lowest BCUT2D eigenvalue weighted by molar-refractivity contribution is -0.120. The van der Waals surface area contributed by atoms with Crippen LogP contribution in [0.4, 0.5) is 4.39 Å². The molecule has 1 rings (SSSR count). The number of benzene rings is 1. The van der Waals surface area contributed by atoms with Gasteiger partial charge in [-0.05, 0) is 24.6 Å². The van der Waals surface area contributed by atoms with Crippen LogP contribution in [0.25, 0.3) is 0 Å². The van der Waals surface area contributed by atoms with E-state index in [1.54, 1.807) is 25.1 Å². The van der Waals surface area contributed by atoms with Crippen molar-refractivity contribution in [2.45, 2.75) is 19.4 Å². The van der Waals surface area contributed by atoms with Crippen molar-refractivity contribution in [3.8, 4) is 6.07 Å². The number of rotatable bonds is 3. The summed E-state index contributed by atoms with van der Waals surface area (Å²) in [5, 5.41) is 10.9. The first-order valence-corrected chi connectivity index (χ1v) is 4.55. The van der Waals surface area contributed by atoms with Crippen molar-refractivity contribution in [3.05, 3.63) is 35.6 Å². The van der Waals surface area contributed by atoms with Crippen LogP contribution in [0.5, 0.6) is 0 Å². The van der Waals surface area contributed by atoms with Crippen molar-refractivity contribution in [1.82, 2.24) is 5.32 Å². The highest BCUT2D eigenvalue weighted by atomic mass is 19.1. The molecule has 4 heteroatoms. The number of carbonyl (C=O) groups is 1. The molecule has 1 amide bonds. The van der Waals surface area contributed by atoms with E-state index in [0.29, 0.717) is 0 Å². The molecule has 0 aliphatic carbocycles. The summed E-state index contributed by atoms with van der Waals surface area (Å²) in [6, 6.07) is 7.42. The third kappa shape index (κ3) is 3.39. The maximum Gasteiger partial charge on any atom is 0.234 e. The first kappa shape index (κ1) is 11.2. The molecule has 3 nitrogen and oxygen atoms in total. The highest BCUT2D eigenvalue weighted by Gasteiger charge is 2.08. The van der Waals surface area contributed by atoms with E-state index in [-0.39, 0.29) is 24.2 Å². The number of nitriles is 1. The molecule has 78 valence electrons. The van der Waals surface area contributed by atoms with Gasteiger partial charge in [0.25, 0.3) is 0 Å². The molecule has 0 saturated heterocycles. The summed E-state index contributed by atoms with van der Waals surface area (Å²) >= 11 is 0. The summed E-state index contributed by atoms with van der Waals surface area (Å²) in [5.41, 5.74) is 0.808. The van der Waals surface area contributed by atoms with Crippen molar-refractivity contribution < 1.29 is 9.18 Å². The molecule has 1 aromatic carbocycles. The fraction of sp³-hybridized carbons (Fsp3) is 0.273. The van der Waals surface area contributed by atoms with Crippen LogP contribution in [0.3, 0.4) is 0 Å². The fourth-order valence-electron chi connectivity index (χ4n) is 1.20. The van der Waals surface area contributed by atoms with Crippen LogP contribution < -0.4 is 5.32 Å². The van der Waals surface area contributed by atoms with E-state index in [1.807, 2.05) is 0 Å². The second-order valence-electron chi connectivity index (χ2n) is 3.18. The molecule has 0 aliphatic rings. The largest absolute Gasteiger partial charge is 0.349 e. The van der Waals surface area contributed by atoms with Crippen molar-refractivity contribution in [2.24, 2.45) is 0 Å². The summed E-state index contributed by atoms with van der Waals surface area (Å²) in [6.45, 7) is 1.78. The molecular weight excluding hydrogens is 195 g/mol. The van der Waals surface area contributed by atoms with Gasteiger partial charge in [-0.25, -0.2) is 4.39 Å². The predicted octanol–water partition coefficient (Wildman–Crippen LogP) is 1.92. The van der Waals surface area contributed by atoms with Gasteiger partial charge in [-0.15, -0.1) is 0 Å². The standard InChI is InChI=1S/C11H11FN2O/c1-8(14-11(15)6-7-13)9-2-4-10(12)5-3-9/h2-5,8H,6H2,1H3,(H,14,15). The van der Waals surface area contributed by atoms with E-state index < -0.39 is 0 Å². The number of amides is 1. The Kier molecular flexibility index (Phi) is 3.81. The lowest BCUT2D eigenvalue weighted by Crippen LogP contribution is -2.25. The minimum absolute atomic E-state index is 0.161. The second kappa shape index (κ2) is 5.11. The molecule has 1 atom stereocenters. The molecule has 0 bridgehead atoms. The molecule has 0 aliphatic heterocycles. The Labute approximate surface area is 87.5 Å². The molecular formula is C11H11FN2O. The summed E-state index contributed by atoms with van der Waals surface area (Å²) in [6.07, 6.45) is -0.161. The van der Waals surface area contributed by atoms with Crippen LogP contribution in [-0.4, -0.2) is 5.91 Å². The topological polar surface area (TPSA) is 52.9 Å². The lowest BCUT2D eigenvalue weighted by atomic mass is 10.1. The Morgan fingerprint density at radius 3 is 2.67 bits per heavy atom. The summed E-state index contributed by atoms with van der Waals surface area (Å²) < 4.78 is 12.6. The van der Waals surface area contributed by atoms with Crippen molar-refractivity contribution in [2.75, 3.05) is 0 Å². The average molecular weight is 206 g/mol. The second-order valence-corrected chi connectivity index (χ2v) is 3.18. The Morgan fingerprint density at radius 2 is 2.13 bits per heavy atom. The molecule has 1 aromatic rings. The van der Waals surface area contributed by atoms with Gasteiger partial charge in [-0.3, -0.25) is 4.79 Å². The van der Waals surface area contributed by atoms with Gasteiger partial charge in [-0.1, -0.05) is 12.1 Å². The molecule has 1 unspecified atom stereocenters. The summed E-state index contributed by atoms with van der Waals surface area (Å²) in [4.78, 5) is 11.1. The van der Waals surface area contributed by atoms with Crippen LogP contribution in [0, 0.1) is 17.1 Å². The molecule has 15 heavy (non-hydrogen) atoms. The van der Waals surface area contributed by atoms with Gasteiger partial charge in [-0.2, -0.15) is 5.26 Å². The van der Waals surface area contributed by atoms with E-state index in [4.69, 9.17) is 5.26 Å². The van der Waals surface area contributed by atoms with Gasteiger partial charge in [0.05, 0.1) is 12.1 Å². The minimum Gasteiger partial charge on any atom is -0.349 e. The zero-order valence-electron chi connectivity index (χ0n) is 8.33. The van der Waals surface area contributed by atoms with E-state index in [9.17, 15) is 9.18 Å². The first-order valence-electron chi connectivity index (χ1n) is 4.55. The number of hydrogen-bond acceptors (Lipinski definition) is 2. The maximum atomic E-state index is 12.6. The fourth-order valence-corrected chi connectivity index (χ4v) is 1.20. The van der Waals surface area contributed by atoms with Crippen molar-refractivity contribution in [1.29, 1.82) is 5.26 Å². The van der Waals surface area contributed by atoms with Gasteiger partial charge < -0.3 is 5.32 Å². The predicted molar refractivity (Wildman–Crippen MR) is 53.2 cm³/mol. The average Bonchev–Trinajstić information content (AvgIpc) is 2.18. The molecule has 0 aromatic heterocycles. The van der Waals surface area contributed by atoms with Gasteiger partial charge in [0, 0.05) is 0 Å². The van der Waals surface area contributed by atoms with Crippen LogP contribution in [0.2, 0.25) is 0 Å². The zero-order chi connectivity index (χ0) is 11.3. The van der Waals surface area contributed by atoms with Crippen molar-refractivity contribution >= 4 is 5.91 Å². The maximum absolute atomic E-state index is 12.6. The van der Waals surface area contributed by atoms with Crippen LogP contribution in [0.15, 0.2) is 24.3 Å². The molecule has 1 N–H and O–H groups in total. The normalized spacial score (nSPS) is 11.5. The number of halogens is 1. The zero-order valence-corrected chi connectivity index (χ0v) is 8.33. The smallest absolute Gasteiger partial charge is 0.234 e. The third-order valence-corrected chi connectivity index (χ3v) is 1.99. The van der Waals surface area contributed by atoms with Crippen LogP contribution in [-0.2, 0) is 4.79 Å². The monoisotopic (exact) mass is 206 g/mol. The van der Waals surface area contributed by atoms with Gasteiger partial charge in [0.1, 0.15) is 12.2 Å². The van der Waals surface area contributed by atoms with E-state index in [1.165, 1.54) is 12.1 Å². The highest BCUT2D eigenvalue weighted by Crippen LogP contribution is 2.12. The number of hydrogen-bond donors (Lipinski definition) is 1. The highest BCUT2D eigenvalue weighted by molar-refractivity contribution is 5.78.